The number of carbonyl (C=O) groups is 9. The molecule has 0 aliphatic carbocycles. The summed E-state index contributed by atoms with van der Waals surface area (Å²) < 4.78 is 86.5. The zero-order valence-corrected chi connectivity index (χ0v) is 48.8. The van der Waals surface area contributed by atoms with Crippen LogP contribution >= 0.6 is 0 Å². The smallest absolute Gasteiger partial charge is 0.338 e. The lowest BCUT2D eigenvalue weighted by atomic mass is 9.94. The molecule has 88 heavy (non-hydrogen) atoms. The third-order valence-corrected chi connectivity index (χ3v) is 13.8. The van der Waals surface area contributed by atoms with E-state index in [4.69, 9.17) is 66.3 Å². The summed E-state index contributed by atoms with van der Waals surface area (Å²) in [7, 11) is 0. The van der Waals surface area contributed by atoms with Crippen LogP contribution in [0.2, 0.25) is 0 Å². The Balaban J connectivity index is 1.33. The summed E-state index contributed by atoms with van der Waals surface area (Å²) in [5.41, 5.74) is -1.26. The van der Waals surface area contributed by atoms with Gasteiger partial charge in [0.2, 0.25) is 0 Å². The molecule has 24 heteroatoms. The van der Waals surface area contributed by atoms with Gasteiger partial charge in [-0.15, -0.1) is 0 Å². The van der Waals surface area contributed by atoms with Crippen LogP contribution in [-0.2, 0) is 85.5 Å². The van der Waals surface area contributed by atoms with Crippen molar-refractivity contribution >= 4 is 53.7 Å². The fourth-order valence-electron chi connectivity index (χ4n) is 9.64. The lowest BCUT2D eigenvalue weighted by Gasteiger charge is -2.50. The van der Waals surface area contributed by atoms with Crippen LogP contribution in [0.3, 0.4) is 0 Å². The fraction of sp³-hybridized carbons (Fsp3) is 0.391. The van der Waals surface area contributed by atoms with E-state index < -0.39 is 164 Å². The van der Waals surface area contributed by atoms with Crippen LogP contribution in [0.25, 0.3) is 0 Å². The largest absolute Gasteiger partial charge is 0.462 e. The number of esters is 9. The van der Waals surface area contributed by atoms with Crippen molar-refractivity contribution in [2.75, 3.05) is 13.2 Å². The number of rotatable bonds is 20. The Morgan fingerprint density at radius 2 is 0.705 bits per heavy atom. The molecule has 1 N–H and O–H groups in total. The molecule has 0 aromatic heterocycles. The Labute approximate surface area is 505 Å². The molecule has 0 saturated carbocycles. The van der Waals surface area contributed by atoms with E-state index in [9.17, 15) is 48.3 Å². The van der Waals surface area contributed by atoms with Crippen molar-refractivity contribution in [3.05, 3.63) is 179 Å². The molecule has 3 aliphatic heterocycles. The highest BCUT2D eigenvalue weighted by atomic mass is 16.8. The highest BCUT2D eigenvalue weighted by Gasteiger charge is 2.60. The van der Waals surface area contributed by atoms with Gasteiger partial charge in [-0.05, 0) is 88.4 Å². The zero-order chi connectivity index (χ0) is 63.2. The van der Waals surface area contributed by atoms with Crippen molar-refractivity contribution in [2.45, 2.75) is 141 Å². The molecular formula is C64H66O24. The van der Waals surface area contributed by atoms with E-state index in [1.54, 1.807) is 75.4 Å². The highest BCUT2D eigenvalue weighted by molar-refractivity contribution is 5.92. The zero-order valence-electron chi connectivity index (χ0n) is 48.8. The number of hydrogen-bond donors (Lipinski definition) is 1. The molecule has 15 atom stereocenters. The number of benzene rings is 5. The first-order chi connectivity index (χ1) is 42.1. The molecule has 0 unspecified atom stereocenters. The molecule has 0 amide bonds. The van der Waals surface area contributed by atoms with E-state index in [0.717, 1.165) is 20.8 Å². The summed E-state index contributed by atoms with van der Waals surface area (Å²) in [6.07, 6.45) is -28.4. The molecule has 3 aliphatic rings. The van der Waals surface area contributed by atoms with E-state index in [-0.39, 0.29) is 27.8 Å². The Morgan fingerprint density at radius 3 is 1.15 bits per heavy atom. The fourth-order valence-corrected chi connectivity index (χ4v) is 9.64. The topological polar surface area (TPSA) is 303 Å². The molecule has 24 nitrogen and oxygen atoms in total. The van der Waals surface area contributed by atoms with Gasteiger partial charge in [0.05, 0.1) is 39.3 Å². The van der Waals surface area contributed by atoms with Crippen LogP contribution in [0.5, 0.6) is 0 Å². The van der Waals surface area contributed by atoms with Crippen molar-refractivity contribution in [2.24, 2.45) is 5.41 Å². The molecule has 3 heterocycles. The number of carbonyl (C=O) groups excluding carboxylic acids is 9. The van der Waals surface area contributed by atoms with E-state index in [0.29, 0.717) is 0 Å². The summed E-state index contributed by atoms with van der Waals surface area (Å²) in [4.78, 5) is 124. The third kappa shape index (κ3) is 16.8. The first-order valence-corrected chi connectivity index (χ1v) is 28.0. The monoisotopic (exact) mass is 1220 g/mol. The predicted molar refractivity (Wildman–Crippen MR) is 300 cm³/mol. The standard InChI is InChI=1S/C64H66O24/c1-35-46(78-36(2)65)49(79-37(3)66)53(80-38(4)67)61(77-35)88-50-48(44(34-76-63(74)64(5,6)7)81-60(73)52(50)85-58(71)42-29-19-11-20-30-42)87-62-54(86-59(72)43-31-21-12-22-32-43)51(84-57(70)41-27-17-10-18-28-41)47(83-56(69)40-25-15-9-16-26-40)45(82-62)33-75-55(68)39-23-13-8-14-24-39/h8-32,35,44-54,60-62,73H,33-34H2,1-7H3/t35-,44+,45+,46+,47-,48+,49+,50-,51-,52+,53-,54+,60+,61-,62-/m0/s1. The summed E-state index contributed by atoms with van der Waals surface area (Å²) in [5.74, 6) is -8.74. The second kappa shape index (κ2) is 29.7. The van der Waals surface area contributed by atoms with Crippen molar-refractivity contribution in [1.29, 1.82) is 0 Å². The molecule has 5 aromatic carbocycles. The van der Waals surface area contributed by atoms with E-state index >= 15 is 0 Å². The minimum atomic E-state index is -2.24. The van der Waals surface area contributed by atoms with Gasteiger partial charge in [-0.3, -0.25) is 19.2 Å². The molecule has 3 saturated heterocycles. The van der Waals surface area contributed by atoms with Crippen molar-refractivity contribution in [3.8, 4) is 0 Å². The Hall–Kier alpha value is -8.91. The second-order valence-electron chi connectivity index (χ2n) is 21.5. The van der Waals surface area contributed by atoms with E-state index in [2.05, 4.69) is 0 Å². The predicted octanol–water partition coefficient (Wildman–Crippen LogP) is 6.09. The number of aliphatic hydroxyl groups excluding tert-OH is 1. The molecule has 0 spiro atoms. The average molecular weight is 1220 g/mol. The van der Waals surface area contributed by atoms with Crippen LogP contribution in [0.15, 0.2) is 152 Å². The van der Waals surface area contributed by atoms with Gasteiger partial charge in [-0.25, -0.2) is 24.0 Å². The number of aliphatic hydroxyl groups is 1. The molecule has 0 radical (unpaired) electrons. The van der Waals surface area contributed by atoms with Crippen molar-refractivity contribution in [1.82, 2.24) is 0 Å². The maximum Gasteiger partial charge on any atom is 0.338 e. The minimum absolute atomic E-state index is 0.00469. The van der Waals surface area contributed by atoms with Gasteiger partial charge in [0.1, 0.15) is 37.6 Å². The van der Waals surface area contributed by atoms with Gasteiger partial charge in [0, 0.05) is 20.8 Å². The highest BCUT2D eigenvalue weighted by Crippen LogP contribution is 2.39. The molecule has 466 valence electrons. The van der Waals surface area contributed by atoms with Crippen LogP contribution in [0.4, 0.5) is 0 Å². The Kier molecular flexibility index (Phi) is 21.9. The normalized spacial score (nSPS) is 26.8. The minimum Gasteiger partial charge on any atom is -0.462 e. The van der Waals surface area contributed by atoms with Gasteiger partial charge in [-0.2, -0.15) is 0 Å². The molecular weight excluding hydrogens is 1150 g/mol. The van der Waals surface area contributed by atoms with Gasteiger partial charge in [0.15, 0.2) is 61.6 Å². The molecule has 0 bridgehead atoms. The van der Waals surface area contributed by atoms with Gasteiger partial charge in [0.25, 0.3) is 0 Å². The van der Waals surface area contributed by atoms with E-state index in [1.165, 1.54) is 104 Å². The molecule has 8 rings (SSSR count). The van der Waals surface area contributed by atoms with Crippen LogP contribution < -0.4 is 0 Å². The van der Waals surface area contributed by atoms with Gasteiger partial charge in [-0.1, -0.05) is 91.0 Å². The molecule has 3 fully saturated rings. The van der Waals surface area contributed by atoms with Crippen LogP contribution in [-0.4, -0.2) is 164 Å². The summed E-state index contributed by atoms with van der Waals surface area (Å²) in [5, 5.41) is 12.2. The van der Waals surface area contributed by atoms with Crippen molar-refractivity contribution in [3.63, 3.8) is 0 Å². The van der Waals surface area contributed by atoms with Gasteiger partial charge < -0.3 is 71.4 Å². The lowest BCUT2D eigenvalue weighted by molar-refractivity contribution is -0.381. The maximum atomic E-state index is 14.7. The average Bonchev–Trinajstić information content (AvgIpc) is 0.939. The SMILES string of the molecule is CC(=O)O[C@H]1[C@H](OC(C)=O)[C@H](O[C@@H]2[C@@H](OC(=O)c3ccccc3)[C@H](O)O[C@H](COC(=O)C(C)(C)C)[C@H]2O[C@@H]2O[C@H](COC(=O)c3ccccc3)[C@H](OC(=O)c3ccccc3)[C@H](OC(=O)c3ccccc3)[C@H]2OC(=O)c2ccccc2)O[C@@H](C)[C@H]1OC(C)=O. The summed E-state index contributed by atoms with van der Waals surface area (Å²) in [6, 6.07) is 37.8. The Morgan fingerprint density at radius 1 is 0.375 bits per heavy atom. The van der Waals surface area contributed by atoms with Crippen molar-refractivity contribution < 1.29 is 115 Å². The molecule has 5 aromatic rings. The lowest BCUT2D eigenvalue weighted by Crippen LogP contribution is -2.68. The van der Waals surface area contributed by atoms with Gasteiger partial charge >= 0.3 is 53.7 Å². The first kappa shape index (κ1) is 65.1. The van der Waals surface area contributed by atoms with E-state index in [1.807, 2.05) is 0 Å². The first-order valence-electron chi connectivity index (χ1n) is 28.0. The van der Waals surface area contributed by atoms with Crippen LogP contribution in [0.1, 0.15) is 100 Å². The van der Waals surface area contributed by atoms with Crippen LogP contribution in [0, 0.1) is 5.41 Å². The summed E-state index contributed by atoms with van der Waals surface area (Å²) in [6.45, 7) is 7.53. The number of hydrogen-bond acceptors (Lipinski definition) is 24. The summed E-state index contributed by atoms with van der Waals surface area (Å²) >= 11 is 0. The number of ether oxygens (including phenoxy) is 14. The Bertz CT molecular complexity index is 3210. The maximum absolute atomic E-state index is 14.7. The second-order valence-corrected chi connectivity index (χ2v) is 21.5. The quantitative estimate of drug-likeness (QED) is 0.0681. The third-order valence-electron chi connectivity index (χ3n) is 13.8.